The zero-order chi connectivity index (χ0) is 14.9. The van der Waals surface area contributed by atoms with Crippen LogP contribution in [0.1, 0.15) is 37.6 Å². The van der Waals surface area contributed by atoms with Crippen LogP contribution in [-0.4, -0.2) is 28.8 Å². The minimum atomic E-state index is -0.399. The Balaban J connectivity index is 2.22. The number of amides is 2. The summed E-state index contributed by atoms with van der Waals surface area (Å²) >= 11 is 1.64. The van der Waals surface area contributed by atoms with Crippen molar-refractivity contribution in [1.82, 2.24) is 10.2 Å². The Hall–Kier alpha value is -1.36. The molecular formula is C15H22N2O2S. The van der Waals surface area contributed by atoms with Crippen LogP contribution in [-0.2, 0) is 16.1 Å². The highest BCUT2D eigenvalue weighted by molar-refractivity contribution is 7.10. The Morgan fingerprint density at radius 1 is 1.45 bits per heavy atom. The number of aryl methyl sites for hydroxylation is 1. The van der Waals surface area contributed by atoms with Crippen molar-refractivity contribution in [3.05, 3.63) is 21.9 Å². The van der Waals surface area contributed by atoms with E-state index < -0.39 is 6.04 Å². The fourth-order valence-electron chi connectivity index (χ4n) is 2.40. The van der Waals surface area contributed by atoms with Crippen LogP contribution >= 0.6 is 11.3 Å². The normalized spacial score (nSPS) is 24.7. The first-order chi connectivity index (χ1) is 9.45. The van der Waals surface area contributed by atoms with Crippen LogP contribution in [0.15, 0.2) is 11.4 Å². The summed E-state index contributed by atoms with van der Waals surface area (Å²) in [6, 6.07) is 1.26. The quantitative estimate of drug-likeness (QED) is 0.926. The molecule has 0 spiro atoms. The molecule has 1 N–H and O–H groups in total. The van der Waals surface area contributed by atoms with E-state index in [4.69, 9.17) is 0 Å². The summed E-state index contributed by atoms with van der Waals surface area (Å²) in [5.74, 6) is 0.147. The molecular weight excluding hydrogens is 272 g/mol. The van der Waals surface area contributed by atoms with Gasteiger partial charge < -0.3 is 10.2 Å². The Kier molecular flexibility index (Phi) is 4.48. The van der Waals surface area contributed by atoms with Gasteiger partial charge in [-0.3, -0.25) is 9.59 Å². The molecule has 2 amide bonds. The van der Waals surface area contributed by atoms with E-state index in [1.165, 1.54) is 5.56 Å². The van der Waals surface area contributed by atoms with Crippen LogP contribution in [0.5, 0.6) is 0 Å². The average Bonchev–Trinajstić information content (AvgIpc) is 2.83. The van der Waals surface area contributed by atoms with Gasteiger partial charge in [-0.2, -0.15) is 0 Å². The highest BCUT2D eigenvalue weighted by Crippen LogP contribution is 2.23. The van der Waals surface area contributed by atoms with Gasteiger partial charge in [0.1, 0.15) is 12.1 Å². The number of rotatable bonds is 4. The van der Waals surface area contributed by atoms with Crippen LogP contribution in [0.2, 0.25) is 0 Å². The van der Waals surface area contributed by atoms with E-state index in [1.807, 2.05) is 32.2 Å². The van der Waals surface area contributed by atoms with Gasteiger partial charge in [-0.25, -0.2) is 0 Å². The second kappa shape index (κ2) is 5.95. The van der Waals surface area contributed by atoms with Gasteiger partial charge in [0.05, 0.1) is 6.54 Å². The predicted molar refractivity (Wildman–Crippen MR) is 80.5 cm³/mol. The van der Waals surface area contributed by atoms with E-state index >= 15 is 0 Å². The summed E-state index contributed by atoms with van der Waals surface area (Å²) < 4.78 is 0. The molecule has 4 nitrogen and oxygen atoms in total. The standard InChI is InChI=1S/C15H22N2O2S/c1-5-9(2)13-15(19)17(11(4)14(18)16-13)8-12-10(3)6-7-20-12/h6-7,9,11,13H,5,8H2,1-4H3,(H,16,18). The van der Waals surface area contributed by atoms with E-state index in [9.17, 15) is 9.59 Å². The third kappa shape index (κ3) is 2.73. The molecule has 110 valence electrons. The number of carbonyl (C=O) groups is 2. The fraction of sp³-hybridized carbons (Fsp3) is 0.600. The molecule has 1 aromatic heterocycles. The van der Waals surface area contributed by atoms with E-state index in [0.29, 0.717) is 6.54 Å². The van der Waals surface area contributed by atoms with Crippen LogP contribution in [0.3, 0.4) is 0 Å². The lowest BCUT2D eigenvalue weighted by Gasteiger charge is -2.39. The largest absolute Gasteiger partial charge is 0.342 e. The van der Waals surface area contributed by atoms with Crippen molar-refractivity contribution in [2.75, 3.05) is 0 Å². The van der Waals surface area contributed by atoms with E-state index in [0.717, 1.165) is 11.3 Å². The number of hydrogen-bond acceptors (Lipinski definition) is 3. The van der Waals surface area contributed by atoms with Gasteiger partial charge >= 0.3 is 0 Å². The van der Waals surface area contributed by atoms with E-state index in [1.54, 1.807) is 23.2 Å². The number of nitrogens with one attached hydrogen (secondary N) is 1. The van der Waals surface area contributed by atoms with E-state index in [2.05, 4.69) is 5.32 Å². The summed E-state index contributed by atoms with van der Waals surface area (Å²) in [6.07, 6.45) is 0.872. The molecule has 2 heterocycles. The molecule has 1 aliphatic heterocycles. The van der Waals surface area contributed by atoms with Gasteiger partial charge in [0.15, 0.2) is 0 Å². The van der Waals surface area contributed by atoms with Gasteiger partial charge in [-0.05, 0) is 36.8 Å². The molecule has 2 rings (SSSR count). The number of thiophene rings is 1. The molecule has 0 saturated carbocycles. The summed E-state index contributed by atoms with van der Waals surface area (Å²) in [4.78, 5) is 27.6. The summed E-state index contributed by atoms with van der Waals surface area (Å²) in [5.41, 5.74) is 1.18. The van der Waals surface area contributed by atoms with Crippen LogP contribution in [0.4, 0.5) is 0 Å². The zero-order valence-electron chi connectivity index (χ0n) is 12.5. The third-order valence-corrected chi connectivity index (χ3v) is 5.20. The summed E-state index contributed by atoms with van der Waals surface area (Å²) in [5, 5.41) is 4.89. The maximum Gasteiger partial charge on any atom is 0.246 e. The summed E-state index contributed by atoms with van der Waals surface area (Å²) in [7, 11) is 0. The first kappa shape index (κ1) is 15.0. The smallest absolute Gasteiger partial charge is 0.246 e. The van der Waals surface area contributed by atoms with Crippen molar-refractivity contribution in [2.45, 2.75) is 52.7 Å². The fourth-order valence-corrected chi connectivity index (χ4v) is 3.31. The lowest BCUT2D eigenvalue weighted by Crippen LogP contribution is -2.63. The first-order valence-electron chi connectivity index (χ1n) is 7.09. The molecule has 1 fully saturated rings. The Morgan fingerprint density at radius 3 is 2.70 bits per heavy atom. The SMILES string of the molecule is CCC(C)C1NC(=O)C(C)N(Cc2sccc2C)C1=O. The van der Waals surface area contributed by atoms with Crippen molar-refractivity contribution < 1.29 is 9.59 Å². The van der Waals surface area contributed by atoms with Crippen molar-refractivity contribution >= 4 is 23.2 Å². The molecule has 1 aromatic rings. The van der Waals surface area contributed by atoms with Gasteiger partial charge in [0.25, 0.3) is 0 Å². The molecule has 0 radical (unpaired) electrons. The van der Waals surface area contributed by atoms with Gasteiger partial charge in [0.2, 0.25) is 11.8 Å². The molecule has 20 heavy (non-hydrogen) atoms. The van der Waals surface area contributed by atoms with Crippen molar-refractivity contribution in [3.8, 4) is 0 Å². The van der Waals surface area contributed by atoms with Crippen LogP contribution < -0.4 is 5.32 Å². The number of piperazine rings is 1. The third-order valence-electron chi connectivity index (χ3n) is 4.19. The molecule has 0 bridgehead atoms. The molecule has 5 heteroatoms. The lowest BCUT2D eigenvalue weighted by molar-refractivity contribution is -0.150. The minimum Gasteiger partial charge on any atom is -0.342 e. The molecule has 3 unspecified atom stereocenters. The van der Waals surface area contributed by atoms with E-state index in [-0.39, 0.29) is 23.8 Å². The molecule has 1 saturated heterocycles. The average molecular weight is 294 g/mol. The van der Waals surface area contributed by atoms with Gasteiger partial charge in [0, 0.05) is 4.88 Å². The maximum absolute atomic E-state index is 12.6. The summed E-state index contributed by atoms with van der Waals surface area (Å²) in [6.45, 7) is 8.41. The minimum absolute atomic E-state index is 0.0410. The van der Waals surface area contributed by atoms with Crippen LogP contribution in [0, 0.1) is 12.8 Å². The van der Waals surface area contributed by atoms with Crippen LogP contribution in [0.25, 0.3) is 0 Å². The Bertz CT molecular complexity index is 512. The van der Waals surface area contributed by atoms with Crippen molar-refractivity contribution in [3.63, 3.8) is 0 Å². The highest BCUT2D eigenvalue weighted by Gasteiger charge is 2.40. The lowest BCUT2D eigenvalue weighted by atomic mass is 9.94. The zero-order valence-corrected chi connectivity index (χ0v) is 13.3. The number of hydrogen-bond donors (Lipinski definition) is 1. The van der Waals surface area contributed by atoms with Crippen molar-refractivity contribution in [1.29, 1.82) is 0 Å². The van der Waals surface area contributed by atoms with Gasteiger partial charge in [-0.1, -0.05) is 20.3 Å². The monoisotopic (exact) mass is 294 g/mol. The highest BCUT2D eigenvalue weighted by atomic mass is 32.1. The molecule has 0 aromatic carbocycles. The van der Waals surface area contributed by atoms with Gasteiger partial charge in [-0.15, -0.1) is 11.3 Å². The Morgan fingerprint density at radius 2 is 2.15 bits per heavy atom. The first-order valence-corrected chi connectivity index (χ1v) is 7.97. The van der Waals surface area contributed by atoms with Crippen molar-refractivity contribution in [2.24, 2.45) is 5.92 Å². The topological polar surface area (TPSA) is 49.4 Å². The maximum atomic E-state index is 12.6. The Labute approximate surface area is 124 Å². The molecule has 0 aliphatic carbocycles. The number of carbonyl (C=O) groups excluding carboxylic acids is 2. The predicted octanol–water partition coefficient (Wildman–Crippen LogP) is 2.32. The second-order valence-electron chi connectivity index (χ2n) is 5.54. The number of nitrogens with zero attached hydrogens (tertiary/aromatic N) is 1. The second-order valence-corrected chi connectivity index (χ2v) is 6.54. The molecule has 1 aliphatic rings. The molecule has 3 atom stereocenters.